The van der Waals surface area contributed by atoms with Gasteiger partial charge in [0.05, 0.1) is 27.4 Å². The van der Waals surface area contributed by atoms with Crippen molar-refractivity contribution in [1.29, 1.82) is 5.26 Å². The number of benzene rings is 1. The van der Waals surface area contributed by atoms with E-state index in [2.05, 4.69) is 29.4 Å². The van der Waals surface area contributed by atoms with E-state index in [1.807, 2.05) is 49.4 Å². The summed E-state index contributed by atoms with van der Waals surface area (Å²) in [4.78, 5) is 28.7. The van der Waals surface area contributed by atoms with E-state index in [0.717, 1.165) is 51.1 Å². The Morgan fingerprint density at radius 2 is 2.00 bits per heavy atom. The van der Waals surface area contributed by atoms with Gasteiger partial charge in [0, 0.05) is 34.0 Å². The minimum Gasteiger partial charge on any atom is -0.293 e. The van der Waals surface area contributed by atoms with Crippen LogP contribution in [-0.4, -0.2) is 20.7 Å². The third-order valence-corrected chi connectivity index (χ3v) is 8.36. The summed E-state index contributed by atoms with van der Waals surface area (Å²) in [7, 11) is 0. The molecule has 0 spiro atoms. The van der Waals surface area contributed by atoms with Gasteiger partial charge in [0.1, 0.15) is 6.07 Å². The topological polar surface area (TPSA) is 79.5 Å². The SMILES string of the molecule is C[C@H]1C(=O)C(C#N)=C[C@@]2(C)c3nc(-c4ccnc5ccccc45)nc(-c4cccs4)c3CC[C@H]12. The monoisotopic (exact) mass is 462 g/mol. The Labute approximate surface area is 201 Å². The number of para-hydroxylation sites is 1. The first-order chi connectivity index (χ1) is 16.5. The fourth-order valence-electron chi connectivity index (χ4n) is 5.80. The number of nitriles is 1. The average molecular weight is 463 g/mol. The molecule has 4 aromatic rings. The quantitative estimate of drug-likeness (QED) is 0.370. The van der Waals surface area contributed by atoms with Crippen LogP contribution in [0.25, 0.3) is 32.9 Å². The van der Waals surface area contributed by atoms with Crippen molar-refractivity contribution in [1.82, 2.24) is 15.0 Å². The highest BCUT2D eigenvalue weighted by molar-refractivity contribution is 7.13. The van der Waals surface area contributed by atoms with Gasteiger partial charge in [-0.05, 0) is 42.3 Å². The summed E-state index contributed by atoms with van der Waals surface area (Å²) >= 11 is 1.67. The minimum absolute atomic E-state index is 0.0543. The van der Waals surface area contributed by atoms with E-state index >= 15 is 0 Å². The molecule has 0 bridgehead atoms. The van der Waals surface area contributed by atoms with Crippen LogP contribution in [0.5, 0.6) is 0 Å². The van der Waals surface area contributed by atoms with Crippen molar-refractivity contribution in [3.05, 3.63) is 76.9 Å². The molecule has 0 fully saturated rings. The summed E-state index contributed by atoms with van der Waals surface area (Å²) in [5.41, 5.74) is 4.56. The van der Waals surface area contributed by atoms with Gasteiger partial charge in [0.25, 0.3) is 0 Å². The van der Waals surface area contributed by atoms with E-state index < -0.39 is 5.41 Å². The molecule has 0 saturated heterocycles. The van der Waals surface area contributed by atoms with Crippen molar-refractivity contribution in [2.45, 2.75) is 32.1 Å². The highest BCUT2D eigenvalue weighted by atomic mass is 32.1. The zero-order chi connectivity index (χ0) is 23.4. The number of Topliss-reactive ketones (excluding diaryl/α,β-unsaturated/α-hetero) is 1. The van der Waals surface area contributed by atoms with E-state index in [4.69, 9.17) is 9.97 Å². The molecule has 6 rings (SSSR count). The Hall–Kier alpha value is -3.69. The number of aromatic nitrogens is 3. The molecule has 2 aliphatic rings. The second kappa shape index (κ2) is 7.68. The Bertz CT molecular complexity index is 1530. The Balaban J connectivity index is 1.67. The van der Waals surface area contributed by atoms with Crippen molar-refractivity contribution in [2.75, 3.05) is 0 Å². The van der Waals surface area contributed by atoms with E-state index in [1.54, 1.807) is 17.5 Å². The van der Waals surface area contributed by atoms with Crippen LogP contribution in [-0.2, 0) is 16.6 Å². The molecule has 34 heavy (non-hydrogen) atoms. The van der Waals surface area contributed by atoms with Crippen molar-refractivity contribution >= 4 is 28.0 Å². The van der Waals surface area contributed by atoms with E-state index in [1.165, 1.54) is 0 Å². The lowest BCUT2D eigenvalue weighted by Gasteiger charge is -2.45. The van der Waals surface area contributed by atoms with Crippen molar-refractivity contribution in [2.24, 2.45) is 11.8 Å². The minimum atomic E-state index is -0.515. The first-order valence-corrected chi connectivity index (χ1v) is 12.4. The van der Waals surface area contributed by atoms with E-state index in [9.17, 15) is 10.1 Å². The zero-order valence-electron chi connectivity index (χ0n) is 18.9. The highest BCUT2D eigenvalue weighted by Crippen LogP contribution is 2.51. The fraction of sp³-hybridized carbons (Fsp3) is 0.250. The van der Waals surface area contributed by atoms with Crippen LogP contribution >= 0.6 is 11.3 Å². The number of thiophene rings is 1. The van der Waals surface area contributed by atoms with Gasteiger partial charge in [-0.25, -0.2) is 9.97 Å². The van der Waals surface area contributed by atoms with Crippen LogP contribution in [0.15, 0.2) is 65.7 Å². The molecule has 0 aliphatic heterocycles. The number of hydrogen-bond acceptors (Lipinski definition) is 6. The zero-order valence-corrected chi connectivity index (χ0v) is 19.8. The molecule has 0 radical (unpaired) electrons. The lowest BCUT2D eigenvalue weighted by Crippen LogP contribution is -2.46. The Kier molecular flexibility index (Phi) is 4.72. The highest BCUT2D eigenvalue weighted by Gasteiger charge is 2.49. The van der Waals surface area contributed by atoms with Gasteiger partial charge < -0.3 is 0 Å². The largest absolute Gasteiger partial charge is 0.293 e. The van der Waals surface area contributed by atoms with Crippen molar-refractivity contribution in [3.8, 4) is 28.0 Å². The van der Waals surface area contributed by atoms with E-state index in [-0.39, 0.29) is 23.2 Å². The summed E-state index contributed by atoms with van der Waals surface area (Å²) in [6.07, 6.45) is 5.35. The van der Waals surface area contributed by atoms with Gasteiger partial charge in [-0.2, -0.15) is 5.26 Å². The summed E-state index contributed by atoms with van der Waals surface area (Å²) in [6, 6.07) is 16.3. The molecule has 0 amide bonds. The number of fused-ring (bicyclic) bond motifs is 4. The number of carbonyl (C=O) groups is 1. The number of ketones is 1. The lowest BCUT2D eigenvalue weighted by molar-refractivity contribution is -0.121. The van der Waals surface area contributed by atoms with Gasteiger partial charge in [-0.3, -0.25) is 9.78 Å². The summed E-state index contributed by atoms with van der Waals surface area (Å²) < 4.78 is 0. The summed E-state index contributed by atoms with van der Waals surface area (Å²) in [5.74, 6) is 0.473. The predicted octanol–water partition coefficient (Wildman–Crippen LogP) is 5.91. The lowest BCUT2D eigenvalue weighted by atomic mass is 9.57. The Morgan fingerprint density at radius 3 is 2.79 bits per heavy atom. The third-order valence-electron chi connectivity index (χ3n) is 7.48. The van der Waals surface area contributed by atoms with Gasteiger partial charge in [-0.15, -0.1) is 11.3 Å². The second-order valence-electron chi connectivity index (χ2n) is 9.33. The van der Waals surface area contributed by atoms with Crippen molar-refractivity contribution in [3.63, 3.8) is 0 Å². The van der Waals surface area contributed by atoms with Gasteiger partial charge in [0.2, 0.25) is 0 Å². The second-order valence-corrected chi connectivity index (χ2v) is 10.3. The predicted molar refractivity (Wildman–Crippen MR) is 133 cm³/mol. The molecule has 0 saturated carbocycles. The number of nitrogens with zero attached hydrogens (tertiary/aromatic N) is 4. The molecule has 0 unspecified atom stereocenters. The maximum absolute atomic E-state index is 12.8. The van der Waals surface area contributed by atoms with E-state index in [0.29, 0.717) is 5.82 Å². The molecule has 3 aromatic heterocycles. The fourth-order valence-corrected chi connectivity index (χ4v) is 6.54. The average Bonchev–Trinajstić information content (AvgIpc) is 3.40. The maximum Gasteiger partial charge on any atom is 0.176 e. The molecule has 166 valence electrons. The smallest absolute Gasteiger partial charge is 0.176 e. The van der Waals surface area contributed by atoms with Crippen LogP contribution in [0, 0.1) is 23.2 Å². The van der Waals surface area contributed by atoms with Gasteiger partial charge in [-0.1, -0.05) is 44.2 Å². The number of carbonyl (C=O) groups excluding carboxylic acids is 1. The van der Waals surface area contributed by atoms with Gasteiger partial charge >= 0.3 is 0 Å². The number of pyridine rings is 1. The number of rotatable bonds is 2. The third kappa shape index (κ3) is 2.97. The molecule has 1 aromatic carbocycles. The molecule has 3 atom stereocenters. The van der Waals surface area contributed by atoms with Crippen LogP contribution in [0.1, 0.15) is 31.5 Å². The molecule has 2 aliphatic carbocycles. The van der Waals surface area contributed by atoms with Crippen LogP contribution in [0.3, 0.4) is 0 Å². The standard InChI is InChI=1S/C28H22N4OS/c1-16-21-10-9-20-24(23-8-5-13-34-23)31-27(19-11-12-30-22-7-4-3-6-18(19)22)32-26(20)28(21,2)14-17(15-29)25(16)33/h3-8,11-14,16,21H,9-10H2,1-2H3/t16-,21-,28-/m1/s1. The first kappa shape index (κ1) is 20.9. The Morgan fingerprint density at radius 1 is 1.15 bits per heavy atom. The normalized spacial score (nSPS) is 23.7. The van der Waals surface area contributed by atoms with Crippen molar-refractivity contribution < 1.29 is 4.79 Å². The number of allylic oxidation sites excluding steroid dienone is 2. The van der Waals surface area contributed by atoms with Gasteiger partial charge in [0.15, 0.2) is 11.6 Å². The molecule has 6 heteroatoms. The molecular weight excluding hydrogens is 440 g/mol. The van der Waals surface area contributed by atoms with Crippen LogP contribution < -0.4 is 0 Å². The maximum atomic E-state index is 12.8. The molecule has 3 heterocycles. The molecule has 0 N–H and O–H groups in total. The first-order valence-electron chi connectivity index (χ1n) is 11.5. The van der Waals surface area contributed by atoms with Crippen LogP contribution in [0.2, 0.25) is 0 Å². The molecule has 5 nitrogen and oxygen atoms in total. The number of hydrogen-bond donors (Lipinski definition) is 0. The van der Waals surface area contributed by atoms with Crippen LogP contribution in [0.4, 0.5) is 0 Å². The summed E-state index contributed by atoms with van der Waals surface area (Å²) in [6.45, 7) is 4.09. The summed E-state index contributed by atoms with van der Waals surface area (Å²) in [5, 5.41) is 12.8. The molecular formula is C28H22N4OS.